The van der Waals surface area contributed by atoms with Crippen molar-refractivity contribution in [2.75, 3.05) is 26.2 Å². The van der Waals surface area contributed by atoms with Crippen molar-refractivity contribution >= 4 is 5.97 Å². The van der Waals surface area contributed by atoms with Crippen LogP contribution in [0.1, 0.15) is 51.9 Å². The normalized spacial score (nSPS) is 30.4. The SMILES string of the molecule is CCCN1CCCC(N2CCCC2CC(=O)O)CC1. The number of hydrogen-bond donors (Lipinski definition) is 1. The van der Waals surface area contributed by atoms with Crippen LogP contribution in [-0.4, -0.2) is 59.1 Å². The molecule has 0 radical (unpaired) electrons. The average Bonchev–Trinajstić information content (AvgIpc) is 2.68. The molecule has 2 aliphatic heterocycles. The van der Waals surface area contributed by atoms with Crippen molar-refractivity contribution in [3.05, 3.63) is 0 Å². The van der Waals surface area contributed by atoms with Crippen LogP contribution < -0.4 is 0 Å². The molecule has 2 atom stereocenters. The fourth-order valence-corrected chi connectivity index (χ4v) is 3.77. The van der Waals surface area contributed by atoms with Gasteiger partial charge in [-0.05, 0) is 64.7 Å². The van der Waals surface area contributed by atoms with E-state index in [4.69, 9.17) is 5.11 Å². The third kappa shape index (κ3) is 4.18. The molecule has 4 nitrogen and oxygen atoms in total. The third-order valence-corrected chi connectivity index (χ3v) is 4.63. The molecule has 110 valence electrons. The van der Waals surface area contributed by atoms with E-state index in [0.717, 1.165) is 13.0 Å². The molecular formula is C15H28N2O2. The fraction of sp³-hybridized carbons (Fsp3) is 0.933. The summed E-state index contributed by atoms with van der Waals surface area (Å²) in [7, 11) is 0. The van der Waals surface area contributed by atoms with E-state index in [1.807, 2.05) is 0 Å². The van der Waals surface area contributed by atoms with Crippen LogP contribution in [0.3, 0.4) is 0 Å². The van der Waals surface area contributed by atoms with E-state index in [9.17, 15) is 4.79 Å². The van der Waals surface area contributed by atoms with Gasteiger partial charge in [0.15, 0.2) is 0 Å². The second-order valence-corrected chi connectivity index (χ2v) is 6.06. The molecule has 0 spiro atoms. The molecule has 4 heteroatoms. The highest BCUT2D eigenvalue weighted by Gasteiger charge is 2.32. The minimum atomic E-state index is -0.641. The Morgan fingerprint density at radius 2 is 1.95 bits per heavy atom. The summed E-state index contributed by atoms with van der Waals surface area (Å²) in [6, 6.07) is 0.911. The van der Waals surface area contributed by atoms with Crippen LogP contribution >= 0.6 is 0 Å². The van der Waals surface area contributed by atoms with Crippen LogP contribution in [0, 0.1) is 0 Å². The smallest absolute Gasteiger partial charge is 0.304 e. The zero-order valence-corrected chi connectivity index (χ0v) is 12.2. The first-order valence-corrected chi connectivity index (χ1v) is 7.90. The minimum Gasteiger partial charge on any atom is -0.481 e. The van der Waals surface area contributed by atoms with Gasteiger partial charge in [-0.25, -0.2) is 0 Å². The summed E-state index contributed by atoms with van der Waals surface area (Å²) in [5.41, 5.74) is 0. The number of hydrogen-bond acceptors (Lipinski definition) is 3. The second-order valence-electron chi connectivity index (χ2n) is 6.06. The molecule has 2 rings (SSSR count). The van der Waals surface area contributed by atoms with Gasteiger partial charge in [-0.3, -0.25) is 9.69 Å². The van der Waals surface area contributed by atoms with E-state index < -0.39 is 5.97 Å². The number of carboxylic acids is 1. The summed E-state index contributed by atoms with van der Waals surface area (Å²) in [4.78, 5) is 16.0. The highest BCUT2D eigenvalue weighted by atomic mass is 16.4. The van der Waals surface area contributed by atoms with Gasteiger partial charge in [0, 0.05) is 12.1 Å². The van der Waals surface area contributed by atoms with Gasteiger partial charge in [-0.2, -0.15) is 0 Å². The number of aliphatic carboxylic acids is 1. The zero-order valence-electron chi connectivity index (χ0n) is 12.2. The molecule has 2 aliphatic rings. The van der Waals surface area contributed by atoms with Crippen LogP contribution in [0.25, 0.3) is 0 Å². The summed E-state index contributed by atoms with van der Waals surface area (Å²) in [6.07, 6.45) is 7.53. The molecule has 0 aromatic carbocycles. The first kappa shape index (κ1) is 14.8. The fourth-order valence-electron chi connectivity index (χ4n) is 3.77. The topological polar surface area (TPSA) is 43.8 Å². The average molecular weight is 268 g/mol. The number of likely N-dealkylation sites (tertiary alicyclic amines) is 2. The Bertz CT molecular complexity index is 296. The lowest BCUT2D eigenvalue weighted by atomic mass is 10.0. The zero-order chi connectivity index (χ0) is 13.7. The van der Waals surface area contributed by atoms with Crippen LogP contribution in [0.5, 0.6) is 0 Å². The number of carboxylic acid groups (broad SMARTS) is 1. The van der Waals surface area contributed by atoms with Gasteiger partial charge in [-0.15, -0.1) is 0 Å². The molecule has 2 saturated heterocycles. The van der Waals surface area contributed by atoms with Gasteiger partial charge in [0.1, 0.15) is 0 Å². The lowest BCUT2D eigenvalue weighted by molar-refractivity contribution is -0.138. The summed E-state index contributed by atoms with van der Waals surface area (Å²) < 4.78 is 0. The Morgan fingerprint density at radius 1 is 1.16 bits per heavy atom. The maximum Gasteiger partial charge on any atom is 0.304 e. The second kappa shape index (κ2) is 7.25. The summed E-state index contributed by atoms with van der Waals surface area (Å²) in [5.74, 6) is -0.641. The van der Waals surface area contributed by atoms with Crippen molar-refractivity contribution in [1.82, 2.24) is 9.80 Å². The van der Waals surface area contributed by atoms with Gasteiger partial charge in [-0.1, -0.05) is 6.92 Å². The van der Waals surface area contributed by atoms with E-state index in [2.05, 4.69) is 16.7 Å². The molecule has 2 heterocycles. The van der Waals surface area contributed by atoms with Gasteiger partial charge >= 0.3 is 5.97 Å². The Kier molecular flexibility index (Phi) is 5.64. The maximum absolute atomic E-state index is 11.0. The molecule has 0 aliphatic carbocycles. The van der Waals surface area contributed by atoms with Crippen molar-refractivity contribution in [2.24, 2.45) is 0 Å². The van der Waals surface area contributed by atoms with E-state index in [1.165, 1.54) is 51.7 Å². The quantitative estimate of drug-likeness (QED) is 0.830. The molecule has 0 saturated carbocycles. The Labute approximate surface area is 116 Å². The van der Waals surface area contributed by atoms with Crippen molar-refractivity contribution in [2.45, 2.75) is 64.0 Å². The summed E-state index contributed by atoms with van der Waals surface area (Å²) in [6.45, 7) is 6.98. The molecule has 0 aromatic rings. The van der Waals surface area contributed by atoms with Crippen LogP contribution in [0.2, 0.25) is 0 Å². The van der Waals surface area contributed by atoms with Gasteiger partial charge < -0.3 is 10.0 Å². The Balaban J connectivity index is 1.88. The highest BCUT2D eigenvalue weighted by Crippen LogP contribution is 2.27. The molecule has 0 bridgehead atoms. The number of rotatable bonds is 5. The lowest BCUT2D eigenvalue weighted by Gasteiger charge is -2.32. The Hall–Kier alpha value is -0.610. The standard InChI is InChI=1S/C15H28N2O2/c1-2-8-16-9-3-5-13(7-11-16)17-10-4-6-14(17)12-15(18)19/h13-14H,2-12H2,1H3,(H,18,19). The summed E-state index contributed by atoms with van der Waals surface area (Å²) in [5, 5.41) is 9.02. The monoisotopic (exact) mass is 268 g/mol. The molecule has 2 fully saturated rings. The summed E-state index contributed by atoms with van der Waals surface area (Å²) >= 11 is 0. The number of carbonyl (C=O) groups is 1. The van der Waals surface area contributed by atoms with Crippen molar-refractivity contribution in [1.29, 1.82) is 0 Å². The lowest BCUT2D eigenvalue weighted by Crippen LogP contribution is -2.40. The van der Waals surface area contributed by atoms with E-state index >= 15 is 0 Å². The third-order valence-electron chi connectivity index (χ3n) is 4.63. The van der Waals surface area contributed by atoms with Crippen LogP contribution in [-0.2, 0) is 4.79 Å². The largest absolute Gasteiger partial charge is 0.481 e. The molecular weight excluding hydrogens is 240 g/mol. The van der Waals surface area contributed by atoms with Crippen molar-refractivity contribution in [3.63, 3.8) is 0 Å². The van der Waals surface area contributed by atoms with Gasteiger partial charge in [0.05, 0.1) is 6.42 Å². The first-order valence-electron chi connectivity index (χ1n) is 7.90. The first-order chi connectivity index (χ1) is 9.20. The molecule has 0 aromatic heterocycles. The van der Waals surface area contributed by atoms with E-state index in [-0.39, 0.29) is 0 Å². The predicted molar refractivity (Wildman–Crippen MR) is 76.4 cm³/mol. The Morgan fingerprint density at radius 3 is 2.68 bits per heavy atom. The predicted octanol–water partition coefficient (Wildman–Crippen LogP) is 2.19. The van der Waals surface area contributed by atoms with Crippen molar-refractivity contribution < 1.29 is 9.90 Å². The van der Waals surface area contributed by atoms with Crippen molar-refractivity contribution in [3.8, 4) is 0 Å². The van der Waals surface area contributed by atoms with E-state index in [0.29, 0.717) is 18.5 Å². The molecule has 1 N–H and O–H groups in total. The molecule has 0 amide bonds. The molecule has 2 unspecified atom stereocenters. The van der Waals surface area contributed by atoms with Gasteiger partial charge in [0.2, 0.25) is 0 Å². The van der Waals surface area contributed by atoms with Gasteiger partial charge in [0.25, 0.3) is 0 Å². The van der Waals surface area contributed by atoms with E-state index in [1.54, 1.807) is 0 Å². The maximum atomic E-state index is 11.0. The number of nitrogens with zero attached hydrogens (tertiary/aromatic N) is 2. The molecule has 19 heavy (non-hydrogen) atoms. The highest BCUT2D eigenvalue weighted by molar-refractivity contribution is 5.67. The van der Waals surface area contributed by atoms with Crippen LogP contribution in [0.4, 0.5) is 0 Å². The minimum absolute atomic E-state index is 0.292. The van der Waals surface area contributed by atoms with Crippen LogP contribution in [0.15, 0.2) is 0 Å².